The van der Waals surface area contributed by atoms with Gasteiger partial charge in [-0.3, -0.25) is 9.20 Å². The Labute approximate surface area is 127 Å². The van der Waals surface area contributed by atoms with Crippen molar-refractivity contribution in [2.75, 3.05) is 6.54 Å². The fourth-order valence-electron chi connectivity index (χ4n) is 2.54. The van der Waals surface area contributed by atoms with E-state index in [4.69, 9.17) is 0 Å². The third-order valence-electron chi connectivity index (χ3n) is 3.63. The van der Waals surface area contributed by atoms with E-state index in [0.29, 0.717) is 12.4 Å². The Morgan fingerprint density at radius 1 is 1.50 bits per heavy atom. The smallest absolute Gasteiger partial charge is 0.315 e. The number of pyridine rings is 1. The predicted octanol–water partition coefficient (Wildman–Crippen LogP) is 0.368. The average Bonchev–Trinajstić information content (AvgIpc) is 3.13. The van der Waals surface area contributed by atoms with Crippen LogP contribution in [0.4, 0.5) is 4.79 Å². The summed E-state index contributed by atoms with van der Waals surface area (Å²) in [6.45, 7) is 2.34. The van der Waals surface area contributed by atoms with Crippen LogP contribution in [-0.2, 0) is 4.79 Å². The maximum absolute atomic E-state index is 12.3. The number of nitrogens with zero attached hydrogens (tertiary/aromatic N) is 3. The van der Waals surface area contributed by atoms with Crippen LogP contribution >= 0.6 is 0 Å². The summed E-state index contributed by atoms with van der Waals surface area (Å²) in [7, 11) is 0. The van der Waals surface area contributed by atoms with E-state index in [9.17, 15) is 9.59 Å². The van der Waals surface area contributed by atoms with E-state index in [0.717, 1.165) is 18.5 Å². The molecule has 2 atom stereocenters. The second-order valence-corrected chi connectivity index (χ2v) is 5.24. The van der Waals surface area contributed by atoms with Gasteiger partial charge in [0, 0.05) is 12.7 Å². The van der Waals surface area contributed by atoms with Gasteiger partial charge < -0.3 is 16.0 Å². The molecule has 8 heteroatoms. The quantitative estimate of drug-likeness (QED) is 0.742. The Hall–Kier alpha value is -2.64. The molecule has 3 heterocycles. The maximum atomic E-state index is 12.3. The van der Waals surface area contributed by atoms with Crippen LogP contribution in [-0.4, -0.2) is 39.1 Å². The molecule has 3 N–H and O–H groups in total. The molecular weight excluding hydrogens is 284 g/mol. The molecule has 0 bridgehead atoms. The van der Waals surface area contributed by atoms with Gasteiger partial charge in [-0.15, -0.1) is 10.2 Å². The second kappa shape index (κ2) is 6.00. The minimum atomic E-state index is -0.550. The summed E-state index contributed by atoms with van der Waals surface area (Å²) in [6, 6.07) is 4.54. The van der Waals surface area contributed by atoms with Crippen LogP contribution < -0.4 is 16.0 Å². The van der Waals surface area contributed by atoms with Crippen molar-refractivity contribution in [1.82, 2.24) is 30.5 Å². The van der Waals surface area contributed by atoms with Gasteiger partial charge in [0.1, 0.15) is 6.04 Å². The van der Waals surface area contributed by atoms with Gasteiger partial charge in [-0.1, -0.05) is 19.4 Å². The van der Waals surface area contributed by atoms with Gasteiger partial charge in [0.2, 0.25) is 5.91 Å². The van der Waals surface area contributed by atoms with E-state index >= 15 is 0 Å². The first-order chi connectivity index (χ1) is 10.7. The number of hydrogen-bond donors (Lipinski definition) is 3. The first-order valence-electron chi connectivity index (χ1n) is 7.33. The normalized spacial score (nSPS) is 18.8. The molecule has 22 heavy (non-hydrogen) atoms. The van der Waals surface area contributed by atoms with Crippen LogP contribution in [0.15, 0.2) is 24.4 Å². The SMILES string of the molecule is CCC[C@@H](NC(=O)[C@H]1CNC(=O)N1)c1nnc2ccccn12. The number of urea groups is 1. The monoisotopic (exact) mass is 302 g/mol. The number of fused-ring (bicyclic) bond motifs is 1. The van der Waals surface area contributed by atoms with E-state index in [-0.39, 0.29) is 18.0 Å². The molecule has 0 aromatic carbocycles. The Balaban J connectivity index is 1.80. The first kappa shape index (κ1) is 14.3. The summed E-state index contributed by atoms with van der Waals surface area (Å²) in [5.41, 5.74) is 0.740. The highest BCUT2D eigenvalue weighted by molar-refractivity contribution is 5.90. The van der Waals surface area contributed by atoms with Gasteiger partial charge >= 0.3 is 6.03 Å². The highest BCUT2D eigenvalue weighted by atomic mass is 16.2. The lowest BCUT2D eigenvalue weighted by molar-refractivity contribution is -0.123. The molecule has 2 aromatic rings. The minimum absolute atomic E-state index is 0.218. The second-order valence-electron chi connectivity index (χ2n) is 5.24. The number of amides is 3. The Kier molecular flexibility index (Phi) is 3.90. The Bertz CT molecular complexity index is 697. The van der Waals surface area contributed by atoms with E-state index in [2.05, 4.69) is 26.1 Å². The van der Waals surface area contributed by atoms with Gasteiger partial charge in [0.25, 0.3) is 0 Å². The van der Waals surface area contributed by atoms with Crippen molar-refractivity contribution in [1.29, 1.82) is 0 Å². The van der Waals surface area contributed by atoms with Gasteiger partial charge in [-0.2, -0.15) is 0 Å². The van der Waals surface area contributed by atoms with Crippen molar-refractivity contribution in [2.45, 2.75) is 31.8 Å². The van der Waals surface area contributed by atoms with Gasteiger partial charge in [0.15, 0.2) is 11.5 Å². The molecular formula is C14H18N6O2. The topological polar surface area (TPSA) is 100 Å². The van der Waals surface area contributed by atoms with Crippen LogP contribution in [0.25, 0.3) is 5.65 Å². The highest BCUT2D eigenvalue weighted by Gasteiger charge is 2.29. The molecule has 1 saturated heterocycles. The van der Waals surface area contributed by atoms with E-state index in [1.165, 1.54) is 0 Å². The van der Waals surface area contributed by atoms with Gasteiger partial charge in [0.05, 0.1) is 6.04 Å². The number of aromatic nitrogens is 3. The summed E-state index contributed by atoms with van der Waals surface area (Å²) in [5, 5.41) is 16.4. The lowest BCUT2D eigenvalue weighted by atomic mass is 10.1. The summed E-state index contributed by atoms with van der Waals surface area (Å²) >= 11 is 0. The zero-order chi connectivity index (χ0) is 15.5. The number of hydrogen-bond acceptors (Lipinski definition) is 4. The van der Waals surface area contributed by atoms with Gasteiger partial charge in [-0.05, 0) is 18.6 Å². The molecule has 0 saturated carbocycles. The summed E-state index contributed by atoms with van der Waals surface area (Å²) < 4.78 is 1.87. The first-order valence-corrected chi connectivity index (χ1v) is 7.33. The van der Waals surface area contributed by atoms with Crippen molar-refractivity contribution < 1.29 is 9.59 Å². The third kappa shape index (κ3) is 2.72. The van der Waals surface area contributed by atoms with Crippen LogP contribution in [0.2, 0.25) is 0 Å². The minimum Gasteiger partial charge on any atom is -0.344 e. The van der Waals surface area contributed by atoms with E-state index < -0.39 is 6.04 Å². The standard InChI is InChI=1S/C14H18N6O2/c1-2-5-9(16-13(21)10-8-15-14(22)17-10)12-19-18-11-6-3-4-7-20(11)12/h3-4,6-7,9-10H,2,5,8H2,1H3,(H,16,21)(H2,15,17,22)/t9-,10-/m1/s1. The third-order valence-corrected chi connectivity index (χ3v) is 3.63. The zero-order valence-corrected chi connectivity index (χ0v) is 12.2. The molecule has 0 spiro atoms. The van der Waals surface area contributed by atoms with Crippen molar-refractivity contribution in [2.24, 2.45) is 0 Å². The van der Waals surface area contributed by atoms with E-state index in [1.807, 2.05) is 35.7 Å². The van der Waals surface area contributed by atoms with Crippen LogP contribution in [0.5, 0.6) is 0 Å². The zero-order valence-electron chi connectivity index (χ0n) is 12.2. The lowest BCUT2D eigenvalue weighted by Gasteiger charge is -2.18. The summed E-state index contributed by atoms with van der Waals surface area (Å²) in [6.07, 6.45) is 3.51. The number of rotatable bonds is 5. The van der Waals surface area contributed by atoms with Crippen LogP contribution in [0, 0.1) is 0 Å². The van der Waals surface area contributed by atoms with Crippen molar-refractivity contribution >= 4 is 17.6 Å². The molecule has 116 valence electrons. The number of carbonyl (C=O) groups is 2. The molecule has 0 unspecified atom stereocenters. The molecule has 2 aromatic heterocycles. The Morgan fingerprint density at radius 2 is 2.36 bits per heavy atom. The van der Waals surface area contributed by atoms with Gasteiger partial charge in [-0.25, -0.2) is 4.79 Å². The molecule has 0 radical (unpaired) electrons. The molecule has 3 rings (SSSR count). The Morgan fingerprint density at radius 3 is 3.09 bits per heavy atom. The number of carbonyl (C=O) groups excluding carboxylic acids is 2. The fraction of sp³-hybridized carbons (Fsp3) is 0.429. The molecule has 3 amide bonds. The molecule has 8 nitrogen and oxygen atoms in total. The molecule has 1 aliphatic heterocycles. The largest absolute Gasteiger partial charge is 0.344 e. The molecule has 1 aliphatic rings. The lowest BCUT2D eigenvalue weighted by Crippen LogP contribution is -2.44. The van der Waals surface area contributed by atoms with Crippen molar-refractivity contribution in [3.63, 3.8) is 0 Å². The summed E-state index contributed by atoms with van der Waals surface area (Å²) in [4.78, 5) is 23.4. The van der Waals surface area contributed by atoms with Crippen LogP contribution in [0.1, 0.15) is 31.6 Å². The fourth-order valence-corrected chi connectivity index (χ4v) is 2.54. The van der Waals surface area contributed by atoms with Crippen molar-refractivity contribution in [3.05, 3.63) is 30.2 Å². The molecule has 0 aliphatic carbocycles. The average molecular weight is 302 g/mol. The molecule has 1 fully saturated rings. The predicted molar refractivity (Wildman–Crippen MR) is 79.1 cm³/mol. The summed E-state index contributed by atoms with van der Waals surface area (Å²) in [5.74, 6) is 0.479. The highest BCUT2D eigenvalue weighted by Crippen LogP contribution is 2.18. The van der Waals surface area contributed by atoms with E-state index in [1.54, 1.807) is 0 Å². The van der Waals surface area contributed by atoms with Crippen LogP contribution in [0.3, 0.4) is 0 Å². The van der Waals surface area contributed by atoms with Crippen molar-refractivity contribution in [3.8, 4) is 0 Å². The maximum Gasteiger partial charge on any atom is 0.315 e. The number of nitrogens with one attached hydrogen (secondary N) is 3.